The molecule has 0 aliphatic carbocycles. The summed E-state index contributed by atoms with van der Waals surface area (Å²) >= 11 is 1.27. The summed E-state index contributed by atoms with van der Waals surface area (Å²) in [5.74, 6) is -19.0. The van der Waals surface area contributed by atoms with Crippen molar-refractivity contribution in [2.75, 3.05) is 6.61 Å². The van der Waals surface area contributed by atoms with Crippen LogP contribution in [0.2, 0.25) is 0 Å². The molecule has 0 heterocycles. The summed E-state index contributed by atoms with van der Waals surface area (Å²) in [5, 5.41) is 17.6. The predicted molar refractivity (Wildman–Crippen MR) is 74.9 cm³/mol. The summed E-state index contributed by atoms with van der Waals surface area (Å²) in [6.45, 7) is -0.523. The maximum Gasteiger partial charge on any atom is 0.460 e. The molecular formula is C12H16F9IO2. The smallest absolute Gasteiger partial charge is 0.394 e. The van der Waals surface area contributed by atoms with E-state index in [0.29, 0.717) is 0 Å². The first-order valence-electron chi connectivity index (χ1n) is 6.73. The van der Waals surface area contributed by atoms with Crippen LogP contribution in [0.3, 0.4) is 0 Å². The minimum Gasteiger partial charge on any atom is -0.394 e. The maximum absolute atomic E-state index is 13.4. The molecule has 12 heteroatoms. The lowest BCUT2D eigenvalue weighted by Gasteiger charge is -2.34. The van der Waals surface area contributed by atoms with Crippen LogP contribution in [0.4, 0.5) is 39.5 Å². The number of alkyl halides is 10. The molecule has 24 heavy (non-hydrogen) atoms. The van der Waals surface area contributed by atoms with Crippen molar-refractivity contribution in [2.45, 2.75) is 66.1 Å². The second-order valence-corrected chi connectivity index (χ2v) is 7.03. The van der Waals surface area contributed by atoms with E-state index in [1.807, 2.05) is 0 Å². The Labute approximate surface area is 145 Å². The zero-order valence-electron chi connectivity index (χ0n) is 12.1. The second-order valence-electron chi connectivity index (χ2n) is 5.27. The van der Waals surface area contributed by atoms with E-state index in [-0.39, 0.29) is 25.7 Å². The summed E-state index contributed by atoms with van der Waals surface area (Å²) in [6, 6.07) is 0. The van der Waals surface area contributed by atoms with Crippen LogP contribution in [0.25, 0.3) is 0 Å². The van der Waals surface area contributed by atoms with Gasteiger partial charge < -0.3 is 10.2 Å². The minimum absolute atomic E-state index is 0.110. The third-order valence-electron chi connectivity index (χ3n) is 3.20. The summed E-state index contributed by atoms with van der Waals surface area (Å²) in [5.41, 5.74) is 0. The lowest BCUT2D eigenvalue weighted by Crippen LogP contribution is -2.61. The highest BCUT2D eigenvalue weighted by Crippen LogP contribution is 2.54. The van der Waals surface area contributed by atoms with E-state index >= 15 is 0 Å². The molecule has 146 valence electrons. The van der Waals surface area contributed by atoms with Crippen molar-refractivity contribution in [2.24, 2.45) is 0 Å². The summed E-state index contributed by atoms with van der Waals surface area (Å²) in [6.07, 6.45) is -9.35. The van der Waals surface area contributed by atoms with Crippen LogP contribution in [0.15, 0.2) is 0 Å². The van der Waals surface area contributed by atoms with Gasteiger partial charge in [-0.2, -0.15) is 39.5 Å². The fraction of sp³-hybridized carbons (Fsp3) is 1.00. The van der Waals surface area contributed by atoms with Crippen molar-refractivity contribution in [1.29, 1.82) is 0 Å². The van der Waals surface area contributed by atoms with E-state index in [0.717, 1.165) is 0 Å². The Morgan fingerprint density at radius 2 is 1.25 bits per heavy atom. The molecular weight excluding hydrogens is 474 g/mol. The highest BCUT2D eigenvalue weighted by molar-refractivity contribution is 14.1. The Hall–Kier alpha value is 0.0200. The Balaban J connectivity index is 4.77. The zero-order chi connectivity index (χ0) is 19.4. The molecule has 0 aliphatic rings. The third-order valence-corrected chi connectivity index (χ3v) is 4.27. The van der Waals surface area contributed by atoms with Gasteiger partial charge in [-0.25, -0.2) is 0 Å². The third kappa shape index (κ3) is 5.78. The molecule has 0 saturated carbocycles. The van der Waals surface area contributed by atoms with Gasteiger partial charge in [0.15, 0.2) is 0 Å². The number of hydrogen-bond donors (Lipinski definition) is 2. The van der Waals surface area contributed by atoms with Gasteiger partial charge in [-0.1, -0.05) is 35.4 Å². The number of rotatable bonds is 10. The van der Waals surface area contributed by atoms with E-state index < -0.39 is 47.0 Å². The van der Waals surface area contributed by atoms with E-state index in [1.165, 1.54) is 22.6 Å². The second kappa shape index (κ2) is 8.60. The average Bonchev–Trinajstić information content (AvgIpc) is 2.41. The van der Waals surface area contributed by atoms with E-state index in [2.05, 4.69) is 0 Å². The minimum atomic E-state index is -6.86. The Bertz CT molecular complexity index is 387. The van der Waals surface area contributed by atoms with Gasteiger partial charge in [-0.05, 0) is 12.8 Å². The molecule has 2 unspecified atom stereocenters. The lowest BCUT2D eigenvalue weighted by molar-refractivity contribution is -0.396. The molecule has 0 aliphatic heterocycles. The molecule has 0 rings (SSSR count). The Kier molecular flexibility index (Phi) is 8.61. The van der Waals surface area contributed by atoms with E-state index in [1.54, 1.807) is 0 Å². The van der Waals surface area contributed by atoms with Crippen LogP contribution >= 0.6 is 22.6 Å². The largest absolute Gasteiger partial charge is 0.460 e. The highest BCUT2D eigenvalue weighted by atomic mass is 127. The molecule has 0 aromatic carbocycles. The van der Waals surface area contributed by atoms with Crippen LogP contribution in [0, 0.1) is 0 Å². The molecule has 2 nitrogen and oxygen atoms in total. The van der Waals surface area contributed by atoms with E-state index in [4.69, 9.17) is 10.2 Å². The molecule has 2 atom stereocenters. The number of hydrogen-bond acceptors (Lipinski definition) is 2. The average molecular weight is 490 g/mol. The van der Waals surface area contributed by atoms with Gasteiger partial charge in [0.05, 0.1) is 12.7 Å². The quantitative estimate of drug-likeness (QED) is 0.204. The number of aliphatic hydroxyl groups is 2. The molecule has 0 aromatic rings. The fourth-order valence-corrected chi connectivity index (χ4v) is 2.75. The standard InChI is InChI=1S/C12H16F9IO2/c13-9(14,10(15,16)11(17,18)12(19,20)21)5-7(22)3-1-2-4-8(24)6-23/h7-8,23-24H,1-6H2. The van der Waals surface area contributed by atoms with Gasteiger partial charge in [0.25, 0.3) is 0 Å². The number of aliphatic hydroxyl groups excluding tert-OH is 2. The van der Waals surface area contributed by atoms with Crippen molar-refractivity contribution < 1.29 is 49.7 Å². The van der Waals surface area contributed by atoms with Crippen LogP contribution < -0.4 is 0 Å². The number of halogens is 10. The van der Waals surface area contributed by atoms with Crippen molar-refractivity contribution in [3.8, 4) is 0 Å². The first kappa shape index (κ1) is 24.0. The lowest BCUT2D eigenvalue weighted by atomic mass is 9.97. The zero-order valence-corrected chi connectivity index (χ0v) is 14.2. The summed E-state index contributed by atoms with van der Waals surface area (Å²) in [4.78, 5) is 0. The topological polar surface area (TPSA) is 40.5 Å². The highest BCUT2D eigenvalue weighted by Gasteiger charge is 2.81. The van der Waals surface area contributed by atoms with Crippen molar-refractivity contribution in [3.63, 3.8) is 0 Å². The Morgan fingerprint density at radius 1 is 0.792 bits per heavy atom. The van der Waals surface area contributed by atoms with E-state index in [9.17, 15) is 39.5 Å². The van der Waals surface area contributed by atoms with Crippen LogP contribution in [0.5, 0.6) is 0 Å². The van der Waals surface area contributed by atoms with Gasteiger partial charge in [-0.3, -0.25) is 0 Å². The van der Waals surface area contributed by atoms with Gasteiger partial charge in [-0.15, -0.1) is 0 Å². The van der Waals surface area contributed by atoms with Crippen LogP contribution in [-0.2, 0) is 0 Å². The van der Waals surface area contributed by atoms with Crippen molar-refractivity contribution in [1.82, 2.24) is 0 Å². The van der Waals surface area contributed by atoms with Gasteiger partial charge in [0.2, 0.25) is 0 Å². The van der Waals surface area contributed by atoms with Gasteiger partial charge in [0, 0.05) is 10.3 Å². The monoisotopic (exact) mass is 490 g/mol. The SMILES string of the molecule is OCC(O)CCCCC(I)CC(F)(F)C(F)(F)C(F)(F)C(F)(F)F. The molecule has 0 bridgehead atoms. The summed E-state index contributed by atoms with van der Waals surface area (Å²) in [7, 11) is 0. The molecule has 0 saturated heterocycles. The Morgan fingerprint density at radius 3 is 1.67 bits per heavy atom. The van der Waals surface area contributed by atoms with Crippen molar-refractivity contribution in [3.05, 3.63) is 0 Å². The van der Waals surface area contributed by atoms with Gasteiger partial charge in [0.1, 0.15) is 0 Å². The van der Waals surface area contributed by atoms with Gasteiger partial charge >= 0.3 is 23.9 Å². The van der Waals surface area contributed by atoms with Crippen LogP contribution in [-0.4, -0.2) is 50.8 Å². The summed E-state index contributed by atoms with van der Waals surface area (Å²) < 4.78 is 113. The fourth-order valence-electron chi connectivity index (χ4n) is 1.75. The van der Waals surface area contributed by atoms with Crippen molar-refractivity contribution >= 4 is 22.6 Å². The predicted octanol–water partition coefficient (Wildman–Crippen LogP) is 4.56. The molecule has 0 fully saturated rings. The molecule has 0 aromatic heterocycles. The number of unbranched alkanes of at least 4 members (excludes halogenated alkanes) is 1. The first-order valence-corrected chi connectivity index (χ1v) is 7.98. The molecule has 0 amide bonds. The van der Waals surface area contributed by atoms with Crippen LogP contribution in [0.1, 0.15) is 32.1 Å². The normalized spacial score (nSPS) is 17.0. The molecule has 2 N–H and O–H groups in total. The first-order chi connectivity index (χ1) is 10.6. The maximum atomic E-state index is 13.4. The molecule has 0 radical (unpaired) electrons. The molecule has 0 spiro atoms.